The Morgan fingerprint density at radius 1 is 0.803 bits per heavy atom. The number of rotatable bonds is 12. The summed E-state index contributed by atoms with van der Waals surface area (Å²) in [5, 5.41) is 22.4. The Hall–Kier alpha value is -5.22. The highest BCUT2D eigenvalue weighted by Crippen LogP contribution is 2.34. The van der Waals surface area contributed by atoms with E-state index >= 15 is 0 Å². The highest BCUT2D eigenvalue weighted by molar-refractivity contribution is 7.89. The van der Waals surface area contributed by atoms with Crippen LogP contribution in [0.3, 0.4) is 0 Å². The van der Waals surface area contributed by atoms with Crippen LogP contribution in [0, 0.1) is 6.92 Å². The number of aromatic nitrogens is 1. The van der Waals surface area contributed by atoms with Gasteiger partial charge in [-0.15, -0.1) is 0 Å². The lowest BCUT2D eigenvalue weighted by Crippen LogP contribution is -2.61. The maximum Gasteiger partial charge on any atom is 0.490 e. The molecule has 1 atom stereocenters. The summed E-state index contributed by atoms with van der Waals surface area (Å²) in [5.41, 5.74) is 11.8. The summed E-state index contributed by atoms with van der Waals surface area (Å²) in [4.78, 5) is 60.4. The first-order chi connectivity index (χ1) is 30.1. The van der Waals surface area contributed by atoms with E-state index in [0.717, 1.165) is 23.9 Å². The Morgan fingerprint density at radius 3 is 1.76 bits per heavy atom. The number of halogens is 11. The third kappa shape index (κ3) is 18.6. The summed E-state index contributed by atoms with van der Waals surface area (Å²) in [6.45, 7) is 6.38. The molecule has 8 N–H and O–H groups in total. The molecule has 2 amide bonds. The Balaban J connectivity index is 0.000000855. The molecule has 1 saturated heterocycles. The number of nitrogens with zero attached hydrogens (tertiary/aromatic N) is 3. The molecule has 370 valence electrons. The lowest BCUT2D eigenvalue weighted by atomic mass is 10.0. The number of nitrogens with two attached hydrogens (primary N) is 2. The zero-order valence-corrected chi connectivity index (χ0v) is 37.0. The zero-order chi connectivity index (χ0) is 51.2. The predicted octanol–water partition coefficient (Wildman–Crippen LogP) is 5.51. The smallest absolute Gasteiger partial charge is 0.487 e. The number of nitrogens with one attached hydrogen (secondary N) is 1. The number of carbonyl (C=O) groups excluding carboxylic acids is 2. The number of hydrogen-bond donors (Lipinski definition) is 6. The van der Waals surface area contributed by atoms with Crippen LogP contribution in [0.15, 0.2) is 47.4 Å². The molecule has 0 spiro atoms. The lowest BCUT2D eigenvalue weighted by molar-refractivity contribution is -0.193. The second-order valence-corrected chi connectivity index (χ2v) is 16.5. The van der Waals surface area contributed by atoms with Gasteiger partial charge in [0, 0.05) is 47.8 Å². The molecule has 29 heteroatoms. The summed E-state index contributed by atoms with van der Waals surface area (Å²) >= 11 is 13.1. The highest BCUT2D eigenvalue weighted by Gasteiger charge is 2.41. The fourth-order valence-corrected chi connectivity index (χ4v) is 7.49. The van der Waals surface area contributed by atoms with Gasteiger partial charge in [-0.05, 0) is 64.4 Å². The highest BCUT2D eigenvalue weighted by atomic mass is 35.5. The summed E-state index contributed by atoms with van der Waals surface area (Å²) in [7, 11) is -4.29. The number of carbonyl (C=O) groups is 5. The molecule has 1 aliphatic rings. The van der Waals surface area contributed by atoms with E-state index in [1.165, 1.54) is 30.9 Å². The third-order valence-corrected chi connectivity index (χ3v) is 11.0. The van der Waals surface area contributed by atoms with Crippen molar-refractivity contribution in [3.8, 4) is 5.75 Å². The molecule has 2 aromatic carbocycles. The number of aryl methyl sites for hydroxylation is 1. The number of piperazine rings is 1. The van der Waals surface area contributed by atoms with Crippen LogP contribution < -0.4 is 20.9 Å². The van der Waals surface area contributed by atoms with E-state index in [9.17, 15) is 57.5 Å². The normalized spacial score (nSPS) is 13.8. The van der Waals surface area contributed by atoms with Gasteiger partial charge in [-0.1, -0.05) is 47.8 Å². The van der Waals surface area contributed by atoms with Gasteiger partial charge in [0.25, 0.3) is 0 Å². The molecule has 0 bridgehead atoms. The number of hydrogen-bond acceptors (Lipinski definition) is 11. The minimum atomic E-state index is -5.08. The topological polar surface area (TPSA) is 273 Å². The number of unbranched alkanes of at least 4 members (excludes halogenated alkanes) is 1. The zero-order valence-electron chi connectivity index (χ0n) is 34.7. The minimum Gasteiger partial charge on any atom is -0.487 e. The van der Waals surface area contributed by atoms with Crippen molar-refractivity contribution in [2.45, 2.75) is 81.6 Å². The number of amides is 2. The molecule has 0 radical (unpaired) electrons. The van der Waals surface area contributed by atoms with Crippen LogP contribution in [0.5, 0.6) is 5.75 Å². The standard InChI is InChI=1S/C31H40Cl2N6O5S.3C2HF3O2/c1-20-10-11-21-7-6-9-25(28(21)36-20)44-19-22-23(32)12-13-26(27(22)33)45(42,43)37-31(2,3)30(41)39-17-15-38(16-18-39)29(40)24(35)8-4-5-14-34;3*3-2(4,5)1(6)7/h6-7,9-13,24,37H,4-5,8,14-19,34-35H2,1-3H3;3*(H,6,7)/t24-;;;/m0.../s1. The predicted molar refractivity (Wildman–Crippen MR) is 217 cm³/mol. The van der Waals surface area contributed by atoms with Gasteiger partial charge in [-0.2, -0.15) is 44.2 Å². The van der Waals surface area contributed by atoms with Crippen LogP contribution >= 0.6 is 23.2 Å². The van der Waals surface area contributed by atoms with Gasteiger partial charge < -0.3 is 41.3 Å². The molecule has 17 nitrogen and oxygen atoms in total. The van der Waals surface area contributed by atoms with E-state index in [1.807, 2.05) is 31.2 Å². The first-order valence-electron chi connectivity index (χ1n) is 18.5. The number of alkyl halides is 9. The number of carboxylic acid groups (broad SMARTS) is 3. The molecule has 1 aromatic heterocycles. The average Bonchev–Trinajstić information content (AvgIpc) is 3.19. The van der Waals surface area contributed by atoms with Crippen molar-refractivity contribution in [1.82, 2.24) is 19.5 Å². The van der Waals surface area contributed by atoms with Gasteiger partial charge in [0.2, 0.25) is 21.8 Å². The fraction of sp³-hybridized carbons (Fsp3) is 0.459. The number of para-hydroxylation sites is 1. The van der Waals surface area contributed by atoms with Crippen molar-refractivity contribution in [1.29, 1.82) is 0 Å². The molecule has 66 heavy (non-hydrogen) atoms. The molecule has 1 fully saturated rings. The molecule has 2 heterocycles. The lowest BCUT2D eigenvalue weighted by Gasteiger charge is -2.39. The van der Waals surface area contributed by atoms with Crippen LogP contribution in [-0.4, -0.2) is 131 Å². The minimum absolute atomic E-state index is 0.113. The number of aliphatic carboxylic acids is 3. The monoisotopic (exact) mass is 1020 g/mol. The number of fused-ring (bicyclic) bond motifs is 1. The number of sulfonamides is 1. The summed E-state index contributed by atoms with van der Waals surface area (Å²) in [6.07, 6.45) is -13.1. The van der Waals surface area contributed by atoms with E-state index in [0.29, 0.717) is 37.3 Å². The molecular weight excluding hydrogens is 978 g/mol. The van der Waals surface area contributed by atoms with E-state index in [-0.39, 0.29) is 46.1 Å². The van der Waals surface area contributed by atoms with Crippen LogP contribution in [0.2, 0.25) is 10.0 Å². The first-order valence-corrected chi connectivity index (χ1v) is 20.8. The third-order valence-electron chi connectivity index (χ3n) is 8.45. The Kier molecular flexibility index (Phi) is 21.8. The molecule has 4 rings (SSSR count). The number of ether oxygens (including phenoxy) is 1. The number of benzene rings is 2. The maximum atomic E-state index is 13.6. The fourth-order valence-electron chi connectivity index (χ4n) is 5.23. The van der Waals surface area contributed by atoms with Crippen LogP contribution in [-0.2, 0) is 40.6 Å². The van der Waals surface area contributed by atoms with Crippen molar-refractivity contribution >= 4 is 73.9 Å². The second-order valence-electron chi connectivity index (χ2n) is 14.1. The van der Waals surface area contributed by atoms with Crippen molar-refractivity contribution in [2.24, 2.45) is 11.5 Å². The van der Waals surface area contributed by atoms with E-state index in [4.69, 9.17) is 69.1 Å². The molecule has 0 saturated carbocycles. The maximum absolute atomic E-state index is 13.6. The van der Waals surface area contributed by atoms with E-state index in [1.54, 1.807) is 11.0 Å². The van der Waals surface area contributed by atoms with Gasteiger partial charge in [0.05, 0.1) is 11.1 Å². The molecule has 0 aliphatic carbocycles. The quantitative estimate of drug-likeness (QED) is 0.0965. The number of carboxylic acids is 3. The van der Waals surface area contributed by atoms with Crippen molar-refractivity contribution in [2.75, 3.05) is 32.7 Å². The SMILES string of the molecule is Cc1ccc2cccc(OCc3c(Cl)ccc(S(=O)(=O)NC(C)(C)C(=O)N4CCN(C(=O)[C@@H](N)CCCCN)CC4)c3Cl)c2n1.O=C(O)C(F)(F)F.O=C(O)C(F)(F)F.O=C(O)C(F)(F)F. The largest absolute Gasteiger partial charge is 0.490 e. The molecular formula is C37H43Cl2F9N6O11S. The average molecular weight is 1020 g/mol. The van der Waals surface area contributed by atoms with Gasteiger partial charge in [-0.25, -0.2) is 27.8 Å². The van der Waals surface area contributed by atoms with Crippen LogP contribution in [0.1, 0.15) is 44.4 Å². The van der Waals surface area contributed by atoms with Crippen molar-refractivity contribution in [3.63, 3.8) is 0 Å². The Bertz CT molecular complexity index is 2240. The second kappa shape index (κ2) is 24.5. The van der Waals surface area contributed by atoms with Gasteiger partial charge in [0.1, 0.15) is 28.3 Å². The van der Waals surface area contributed by atoms with Gasteiger partial charge in [-0.3, -0.25) is 9.59 Å². The number of pyridine rings is 1. The van der Waals surface area contributed by atoms with Crippen molar-refractivity contribution < 1.29 is 92.0 Å². The molecule has 1 aliphatic heterocycles. The summed E-state index contributed by atoms with van der Waals surface area (Å²) < 4.78 is 131. The van der Waals surface area contributed by atoms with Crippen LogP contribution in [0.4, 0.5) is 39.5 Å². The van der Waals surface area contributed by atoms with Gasteiger partial charge in [0.15, 0.2) is 0 Å². The molecule has 0 unspecified atom stereocenters. The van der Waals surface area contributed by atoms with E-state index < -0.39 is 63.9 Å². The van der Waals surface area contributed by atoms with Crippen molar-refractivity contribution in [3.05, 3.63) is 63.8 Å². The Labute approximate surface area is 379 Å². The summed E-state index contributed by atoms with van der Waals surface area (Å²) in [6, 6.07) is 11.5. The Morgan fingerprint density at radius 2 is 1.29 bits per heavy atom. The molecule has 3 aromatic rings. The van der Waals surface area contributed by atoms with Gasteiger partial charge >= 0.3 is 36.4 Å². The first kappa shape index (κ1) is 58.8. The van der Waals surface area contributed by atoms with Crippen LogP contribution in [0.25, 0.3) is 10.9 Å². The van der Waals surface area contributed by atoms with E-state index in [2.05, 4.69) is 9.71 Å². The summed E-state index contributed by atoms with van der Waals surface area (Å²) in [5.74, 6) is -8.37.